The highest BCUT2D eigenvalue weighted by molar-refractivity contribution is 5.94. The third kappa shape index (κ3) is 5.60. The number of rotatable bonds is 8. The van der Waals surface area contributed by atoms with E-state index >= 15 is 0 Å². The highest BCUT2D eigenvalue weighted by atomic mass is 16.5. The zero-order valence-corrected chi connectivity index (χ0v) is 17.6. The van der Waals surface area contributed by atoms with Gasteiger partial charge in [-0.15, -0.1) is 0 Å². The first-order valence-electron chi connectivity index (χ1n) is 9.73. The fourth-order valence-corrected chi connectivity index (χ4v) is 3.01. The quantitative estimate of drug-likeness (QED) is 0.443. The molecule has 0 saturated carbocycles. The summed E-state index contributed by atoms with van der Waals surface area (Å²) in [6.45, 7) is 1.79. The second-order valence-electron chi connectivity index (χ2n) is 6.74. The van der Waals surface area contributed by atoms with Crippen molar-refractivity contribution in [3.8, 4) is 11.5 Å². The molecule has 1 heterocycles. The molecule has 1 aromatic heterocycles. The van der Waals surface area contributed by atoms with E-state index in [1.54, 1.807) is 38.6 Å². The molecule has 0 bridgehead atoms. The number of nitrogens with zero attached hydrogens (tertiary/aromatic N) is 1. The number of pyridine rings is 1. The number of benzene rings is 2. The van der Waals surface area contributed by atoms with Crippen molar-refractivity contribution < 1.29 is 23.8 Å². The van der Waals surface area contributed by atoms with E-state index in [-0.39, 0.29) is 6.54 Å². The third-order valence-electron chi connectivity index (χ3n) is 4.64. The van der Waals surface area contributed by atoms with Gasteiger partial charge in [0.2, 0.25) is 0 Å². The molecule has 1 unspecified atom stereocenters. The van der Waals surface area contributed by atoms with Crippen molar-refractivity contribution in [2.45, 2.75) is 19.6 Å². The number of fused-ring (bicyclic) bond motifs is 1. The third-order valence-corrected chi connectivity index (χ3v) is 4.64. The number of carbonyl (C=O) groups is 2. The number of carbonyl (C=O) groups excluding carboxylic acids is 2. The van der Waals surface area contributed by atoms with Crippen LogP contribution in [-0.2, 0) is 20.9 Å². The molecule has 2 aromatic carbocycles. The van der Waals surface area contributed by atoms with Crippen LogP contribution in [0.3, 0.4) is 0 Å². The fraction of sp³-hybridized carbons (Fsp3) is 0.208. The summed E-state index contributed by atoms with van der Waals surface area (Å²) in [6, 6.07) is 14.8. The van der Waals surface area contributed by atoms with Gasteiger partial charge < -0.3 is 19.5 Å². The van der Waals surface area contributed by atoms with Gasteiger partial charge in [0.25, 0.3) is 5.91 Å². The number of esters is 1. The molecule has 0 aliphatic heterocycles. The van der Waals surface area contributed by atoms with Crippen molar-refractivity contribution in [2.24, 2.45) is 0 Å². The molecule has 160 valence electrons. The second-order valence-corrected chi connectivity index (χ2v) is 6.74. The molecular formula is C24H24N2O5. The summed E-state index contributed by atoms with van der Waals surface area (Å²) in [5.74, 6) is 0.167. The number of hydrogen-bond donors (Lipinski definition) is 1. The molecule has 7 heteroatoms. The fourth-order valence-electron chi connectivity index (χ4n) is 3.01. The summed E-state index contributed by atoms with van der Waals surface area (Å²) in [4.78, 5) is 28.8. The van der Waals surface area contributed by atoms with Gasteiger partial charge in [-0.25, -0.2) is 4.79 Å². The molecular weight excluding hydrogens is 396 g/mol. The topological polar surface area (TPSA) is 86.8 Å². The number of hydrogen-bond acceptors (Lipinski definition) is 6. The van der Waals surface area contributed by atoms with E-state index in [1.165, 1.54) is 13.0 Å². The minimum Gasteiger partial charge on any atom is -0.493 e. The van der Waals surface area contributed by atoms with Crippen LogP contribution in [-0.4, -0.2) is 37.2 Å². The lowest BCUT2D eigenvalue weighted by Gasteiger charge is -2.13. The zero-order valence-electron chi connectivity index (χ0n) is 17.6. The van der Waals surface area contributed by atoms with Gasteiger partial charge >= 0.3 is 5.97 Å². The van der Waals surface area contributed by atoms with Crippen molar-refractivity contribution in [3.63, 3.8) is 0 Å². The monoisotopic (exact) mass is 420 g/mol. The molecule has 0 radical (unpaired) electrons. The largest absolute Gasteiger partial charge is 0.493 e. The van der Waals surface area contributed by atoms with E-state index in [0.717, 1.165) is 22.0 Å². The van der Waals surface area contributed by atoms with Crippen LogP contribution in [0.5, 0.6) is 11.5 Å². The van der Waals surface area contributed by atoms with Gasteiger partial charge in [-0.3, -0.25) is 9.78 Å². The van der Waals surface area contributed by atoms with Crippen molar-refractivity contribution in [3.05, 3.63) is 71.9 Å². The molecule has 0 aliphatic rings. The Bertz CT molecular complexity index is 1100. The summed E-state index contributed by atoms with van der Waals surface area (Å²) in [6.07, 6.45) is 3.68. The Morgan fingerprint density at radius 2 is 1.84 bits per heavy atom. The maximum atomic E-state index is 12.3. The SMILES string of the molecule is COc1ccc(CNC(=O)C(C)OC(=O)/C=C/c2cccc3cccnc23)cc1OC. The molecule has 3 aromatic rings. The van der Waals surface area contributed by atoms with Gasteiger partial charge in [0.1, 0.15) is 0 Å². The average Bonchev–Trinajstić information content (AvgIpc) is 2.80. The van der Waals surface area contributed by atoms with E-state index in [1.807, 2.05) is 36.4 Å². The van der Waals surface area contributed by atoms with Crippen LogP contribution in [0.4, 0.5) is 0 Å². The van der Waals surface area contributed by atoms with Gasteiger partial charge in [-0.2, -0.15) is 0 Å². The van der Waals surface area contributed by atoms with Gasteiger partial charge in [0.05, 0.1) is 19.7 Å². The lowest BCUT2D eigenvalue weighted by molar-refractivity contribution is -0.150. The predicted molar refractivity (Wildman–Crippen MR) is 118 cm³/mol. The molecule has 31 heavy (non-hydrogen) atoms. The highest BCUT2D eigenvalue weighted by Crippen LogP contribution is 2.27. The number of aromatic nitrogens is 1. The van der Waals surface area contributed by atoms with Gasteiger partial charge in [-0.05, 0) is 36.8 Å². The van der Waals surface area contributed by atoms with E-state index in [2.05, 4.69) is 10.3 Å². The minimum atomic E-state index is -0.942. The Morgan fingerprint density at radius 1 is 1.06 bits per heavy atom. The van der Waals surface area contributed by atoms with Gasteiger partial charge in [-0.1, -0.05) is 30.3 Å². The maximum absolute atomic E-state index is 12.3. The van der Waals surface area contributed by atoms with E-state index in [0.29, 0.717) is 11.5 Å². The summed E-state index contributed by atoms with van der Waals surface area (Å²) in [5.41, 5.74) is 2.41. The Hall–Kier alpha value is -3.87. The van der Waals surface area contributed by atoms with Crippen LogP contribution in [0.1, 0.15) is 18.1 Å². The van der Waals surface area contributed by atoms with Crippen LogP contribution >= 0.6 is 0 Å². The first kappa shape index (κ1) is 21.8. The highest BCUT2D eigenvalue weighted by Gasteiger charge is 2.16. The molecule has 1 atom stereocenters. The lowest BCUT2D eigenvalue weighted by Crippen LogP contribution is -2.35. The van der Waals surface area contributed by atoms with Crippen LogP contribution in [0, 0.1) is 0 Å². The van der Waals surface area contributed by atoms with Crippen LogP contribution in [0.2, 0.25) is 0 Å². The predicted octanol–water partition coefficient (Wildman–Crippen LogP) is 3.51. The summed E-state index contributed by atoms with van der Waals surface area (Å²) in [7, 11) is 3.10. The van der Waals surface area contributed by atoms with Gasteiger partial charge in [0.15, 0.2) is 17.6 Å². The minimum absolute atomic E-state index is 0.262. The number of methoxy groups -OCH3 is 2. The zero-order chi connectivity index (χ0) is 22.2. The van der Waals surface area contributed by atoms with E-state index in [9.17, 15) is 9.59 Å². The molecule has 0 aliphatic carbocycles. The van der Waals surface area contributed by atoms with Crippen molar-refractivity contribution >= 4 is 28.9 Å². The number of ether oxygens (including phenoxy) is 3. The molecule has 1 N–H and O–H groups in total. The Kier molecular flexibility index (Phi) is 7.22. The standard InChI is InChI=1S/C24H24N2O5/c1-16(24(28)26-15-17-9-11-20(29-2)21(14-17)30-3)31-22(27)12-10-19-7-4-6-18-8-5-13-25-23(18)19/h4-14,16H,15H2,1-3H3,(H,26,28)/b12-10+. The van der Waals surface area contributed by atoms with Crippen molar-refractivity contribution in [2.75, 3.05) is 14.2 Å². The van der Waals surface area contributed by atoms with Gasteiger partial charge in [0, 0.05) is 29.8 Å². The Morgan fingerprint density at radius 3 is 2.61 bits per heavy atom. The number of nitrogens with one attached hydrogen (secondary N) is 1. The average molecular weight is 420 g/mol. The summed E-state index contributed by atoms with van der Waals surface area (Å²) in [5, 5.41) is 3.72. The normalized spacial score (nSPS) is 11.8. The van der Waals surface area contributed by atoms with Crippen LogP contribution in [0.15, 0.2) is 60.8 Å². The molecule has 3 rings (SSSR count). The van der Waals surface area contributed by atoms with Crippen LogP contribution < -0.4 is 14.8 Å². The Balaban J connectivity index is 1.55. The Labute approximate surface area is 180 Å². The first-order valence-corrected chi connectivity index (χ1v) is 9.73. The summed E-state index contributed by atoms with van der Waals surface area (Å²) >= 11 is 0. The molecule has 7 nitrogen and oxygen atoms in total. The number of para-hydroxylation sites is 1. The van der Waals surface area contributed by atoms with E-state index < -0.39 is 18.0 Å². The molecule has 0 spiro atoms. The molecule has 0 saturated heterocycles. The first-order chi connectivity index (χ1) is 15.0. The second kappa shape index (κ2) is 10.2. The summed E-state index contributed by atoms with van der Waals surface area (Å²) < 4.78 is 15.7. The molecule has 0 fully saturated rings. The van der Waals surface area contributed by atoms with Crippen molar-refractivity contribution in [1.82, 2.24) is 10.3 Å². The molecule has 1 amide bonds. The maximum Gasteiger partial charge on any atom is 0.331 e. The lowest BCUT2D eigenvalue weighted by atomic mass is 10.1. The van der Waals surface area contributed by atoms with Crippen molar-refractivity contribution in [1.29, 1.82) is 0 Å². The van der Waals surface area contributed by atoms with E-state index in [4.69, 9.17) is 14.2 Å². The van der Waals surface area contributed by atoms with Crippen LogP contribution in [0.25, 0.3) is 17.0 Å². The number of amides is 1. The smallest absolute Gasteiger partial charge is 0.331 e.